The predicted molar refractivity (Wildman–Crippen MR) is 106 cm³/mol. The third kappa shape index (κ3) is 3.75. The van der Waals surface area contributed by atoms with Gasteiger partial charge in [-0.05, 0) is 48.4 Å². The zero-order valence-corrected chi connectivity index (χ0v) is 15.2. The third-order valence-electron chi connectivity index (χ3n) is 5.82. The molecule has 0 radical (unpaired) electrons. The maximum atomic E-state index is 8.58. The molecule has 0 aliphatic carbocycles. The van der Waals surface area contributed by atoms with Crippen LogP contribution in [0.4, 0.5) is 5.69 Å². The van der Waals surface area contributed by atoms with Gasteiger partial charge >= 0.3 is 0 Å². The third-order valence-corrected chi connectivity index (χ3v) is 5.82. The molecule has 0 spiro atoms. The molecule has 0 aromatic heterocycles. The Hall–Kier alpha value is -2.33. The molecule has 4 rings (SSSR count). The van der Waals surface area contributed by atoms with Gasteiger partial charge in [-0.2, -0.15) is 0 Å². The maximum absolute atomic E-state index is 8.58. The van der Waals surface area contributed by atoms with Gasteiger partial charge in [-0.3, -0.25) is 0 Å². The molecule has 4 nitrogen and oxygen atoms in total. The Balaban J connectivity index is 1.26. The second-order valence-electron chi connectivity index (χ2n) is 7.38. The Morgan fingerprint density at radius 3 is 2.54 bits per heavy atom. The lowest BCUT2D eigenvalue weighted by atomic mass is 10.0. The molecule has 26 heavy (non-hydrogen) atoms. The highest BCUT2D eigenvalue weighted by atomic mass is 16.4. The zero-order chi connectivity index (χ0) is 17.8. The van der Waals surface area contributed by atoms with Crippen LogP contribution in [0.15, 0.2) is 53.7 Å². The Morgan fingerprint density at radius 2 is 1.77 bits per heavy atom. The number of hydrogen-bond acceptors (Lipinski definition) is 4. The van der Waals surface area contributed by atoms with Crippen molar-refractivity contribution in [1.29, 1.82) is 0 Å². The minimum Gasteiger partial charge on any atom is -0.411 e. The number of nitrogens with zero attached hydrogens (tertiary/aromatic N) is 3. The van der Waals surface area contributed by atoms with Crippen LogP contribution in [-0.4, -0.2) is 48.5 Å². The SMILES string of the molecule is ON=Cc1ccc(CCN2CCC(N3CCc4ccccc43)CC2)cc1. The number of hydrogen-bond donors (Lipinski definition) is 1. The van der Waals surface area contributed by atoms with Crippen molar-refractivity contribution >= 4 is 11.9 Å². The van der Waals surface area contributed by atoms with Gasteiger partial charge in [-0.15, -0.1) is 0 Å². The lowest BCUT2D eigenvalue weighted by Crippen LogP contribution is -2.44. The van der Waals surface area contributed by atoms with E-state index < -0.39 is 0 Å². The molecule has 1 fully saturated rings. The molecule has 4 heteroatoms. The number of fused-ring (bicyclic) bond motifs is 1. The summed E-state index contributed by atoms with van der Waals surface area (Å²) in [5.41, 5.74) is 5.26. The highest BCUT2D eigenvalue weighted by molar-refractivity contribution is 5.78. The first kappa shape index (κ1) is 17.1. The van der Waals surface area contributed by atoms with E-state index in [4.69, 9.17) is 5.21 Å². The number of likely N-dealkylation sites (tertiary alicyclic amines) is 1. The number of oxime groups is 1. The summed E-state index contributed by atoms with van der Waals surface area (Å²) in [6, 6.07) is 17.9. The standard InChI is InChI=1S/C22H27N3O/c26-23-17-19-7-5-18(6-8-19)9-13-24-14-11-21(12-15-24)25-16-10-20-3-1-2-4-22(20)25/h1-8,17,21,26H,9-16H2. The molecule has 2 heterocycles. The summed E-state index contributed by atoms with van der Waals surface area (Å²) in [6.45, 7) is 4.70. The molecule has 2 aliphatic rings. The molecule has 0 bridgehead atoms. The normalized spacial score (nSPS) is 18.5. The van der Waals surface area contributed by atoms with E-state index in [0.29, 0.717) is 6.04 Å². The van der Waals surface area contributed by atoms with E-state index in [1.54, 1.807) is 0 Å². The quantitative estimate of drug-likeness (QED) is 0.510. The van der Waals surface area contributed by atoms with Crippen molar-refractivity contribution in [2.45, 2.75) is 31.7 Å². The summed E-state index contributed by atoms with van der Waals surface area (Å²) in [4.78, 5) is 5.25. The van der Waals surface area contributed by atoms with Crippen molar-refractivity contribution in [2.24, 2.45) is 5.16 Å². The second kappa shape index (κ2) is 7.92. The molecule has 0 atom stereocenters. The first-order chi connectivity index (χ1) is 12.8. The van der Waals surface area contributed by atoms with E-state index in [0.717, 1.165) is 18.5 Å². The fourth-order valence-corrected chi connectivity index (χ4v) is 4.32. The number of para-hydroxylation sites is 1. The number of benzene rings is 2. The minimum atomic E-state index is 0.701. The topological polar surface area (TPSA) is 39.1 Å². The van der Waals surface area contributed by atoms with Gasteiger partial charge in [0.1, 0.15) is 0 Å². The van der Waals surface area contributed by atoms with Crippen LogP contribution >= 0.6 is 0 Å². The molecule has 0 unspecified atom stereocenters. The Labute approximate surface area is 155 Å². The van der Waals surface area contributed by atoms with E-state index in [2.05, 4.69) is 51.4 Å². The van der Waals surface area contributed by atoms with Crippen LogP contribution in [0.3, 0.4) is 0 Å². The summed E-state index contributed by atoms with van der Waals surface area (Å²) in [6.07, 6.45) is 6.27. The Morgan fingerprint density at radius 1 is 1.00 bits per heavy atom. The average Bonchev–Trinajstić information content (AvgIpc) is 3.12. The fraction of sp³-hybridized carbons (Fsp3) is 0.409. The first-order valence-electron chi connectivity index (χ1n) is 9.67. The summed E-state index contributed by atoms with van der Waals surface area (Å²) in [7, 11) is 0. The molecule has 2 aromatic carbocycles. The molecule has 1 N–H and O–H groups in total. The lowest BCUT2D eigenvalue weighted by Gasteiger charge is -2.38. The summed E-state index contributed by atoms with van der Waals surface area (Å²) in [5, 5.41) is 11.6. The van der Waals surface area contributed by atoms with Gasteiger partial charge in [-0.25, -0.2) is 0 Å². The van der Waals surface area contributed by atoms with Crippen LogP contribution in [0.5, 0.6) is 0 Å². The van der Waals surface area contributed by atoms with E-state index in [1.165, 1.54) is 61.9 Å². The van der Waals surface area contributed by atoms with Crippen LogP contribution in [0.1, 0.15) is 29.5 Å². The van der Waals surface area contributed by atoms with Crippen molar-refractivity contribution < 1.29 is 5.21 Å². The van der Waals surface area contributed by atoms with Crippen molar-refractivity contribution in [2.75, 3.05) is 31.1 Å². The zero-order valence-electron chi connectivity index (χ0n) is 15.2. The molecule has 1 saturated heterocycles. The van der Waals surface area contributed by atoms with Crippen molar-refractivity contribution in [3.05, 3.63) is 65.2 Å². The fourth-order valence-electron chi connectivity index (χ4n) is 4.32. The Kier molecular flexibility index (Phi) is 5.21. The number of rotatable bonds is 5. The van der Waals surface area contributed by atoms with Crippen LogP contribution in [0.25, 0.3) is 0 Å². The van der Waals surface area contributed by atoms with Gasteiger partial charge in [0.05, 0.1) is 6.21 Å². The lowest BCUT2D eigenvalue weighted by molar-refractivity contribution is 0.212. The maximum Gasteiger partial charge on any atom is 0.0733 e. The second-order valence-corrected chi connectivity index (χ2v) is 7.38. The van der Waals surface area contributed by atoms with E-state index >= 15 is 0 Å². The number of anilines is 1. The predicted octanol–water partition coefficient (Wildman–Crippen LogP) is 3.56. The summed E-state index contributed by atoms with van der Waals surface area (Å²) in [5.74, 6) is 0. The smallest absolute Gasteiger partial charge is 0.0733 e. The van der Waals surface area contributed by atoms with Gasteiger partial charge in [0, 0.05) is 37.9 Å². The van der Waals surface area contributed by atoms with Crippen molar-refractivity contribution in [1.82, 2.24) is 4.90 Å². The average molecular weight is 349 g/mol. The van der Waals surface area contributed by atoms with Gasteiger partial charge in [0.25, 0.3) is 0 Å². The monoisotopic (exact) mass is 349 g/mol. The van der Waals surface area contributed by atoms with Gasteiger partial charge in [0.15, 0.2) is 0 Å². The van der Waals surface area contributed by atoms with Gasteiger partial charge in [0.2, 0.25) is 0 Å². The summed E-state index contributed by atoms with van der Waals surface area (Å²) >= 11 is 0. The van der Waals surface area contributed by atoms with Gasteiger partial charge in [-0.1, -0.05) is 47.6 Å². The molecular weight excluding hydrogens is 322 g/mol. The molecule has 136 valence electrons. The van der Waals surface area contributed by atoms with E-state index in [1.807, 2.05) is 12.1 Å². The molecule has 2 aliphatic heterocycles. The van der Waals surface area contributed by atoms with Crippen LogP contribution in [-0.2, 0) is 12.8 Å². The highest BCUT2D eigenvalue weighted by Gasteiger charge is 2.28. The minimum absolute atomic E-state index is 0.701. The summed E-state index contributed by atoms with van der Waals surface area (Å²) < 4.78 is 0. The highest BCUT2D eigenvalue weighted by Crippen LogP contribution is 2.32. The molecule has 0 saturated carbocycles. The number of piperidine rings is 1. The van der Waals surface area contributed by atoms with Crippen LogP contribution < -0.4 is 4.90 Å². The van der Waals surface area contributed by atoms with Crippen molar-refractivity contribution in [3.8, 4) is 0 Å². The molecule has 0 amide bonds. The van der Waals surface area contributed by atoms with Crippen molar-refractivity contribution in [3.63, 3.8) is 0 Å². The van der Waals surface area contributed by atoms with Crippen LogP contribution in [0, 0.1) is 0 Å². The van der Waals surface area contributed by atoms with Crippen LogP contribution in [0.2, 0.25) is 0 Å². The molecular formula is C22H27N3O. The van der Waals surface area contributed by atoms with Gasteiger partial charge < -0.3 is 15.0 Å². The largest absolute Gasteiger partial charge is 0.411 e. The Bertz CT molecular complexity index is 748. The first-order valence-corrected chi connectivity index (χ1v) is 9.67. The van der Waals surface area contributed by atoms with E-state index in [9.17, 15) is 0 Å². The van der Waals surface area contributed by atoms with E-state index in [-0.39, 0.29) is 0 Å². The molecule has 2 aromatic rings.